The second kappa shape index (κ2) is 5.70. The monoisotopic (exact) mass is 237 g/mol. The van der Waals surface area contributed by atoms with Gasteiger partial charge >= 0.3 is 0 Å². The van der Waals surface area contributed by atoms with Gasteiger partial charge in [-0.2, -0.15) is 4.98 Å². The first kappa shape index (κ1) is 12.0. The quantitative estimate of drug-likeness (QED) is 0.867. The van der Waals surface area contributed by atoms with Crippen molar-refractivity contribution < 1.29 is 9.47 Å². The fourth-order valence-corrected chi connectivity index (χ4v) is 2.22. The zero-order chi connectivity index (χ0) is 12.1. The summed E-state index contributed by atoms with van der Waals surface area (Å²) < 4.78 is 10.8. The highest BCUT2D eigenvalue weighted by Gasteiger charge is 2.16. The van der Waals surface area contributed by atoms with E-state index < -0.39 is 0 Å². The maximum atomic E-state index is 5.69. The maximum Gasteiger partial charge on any atom is 0.262 e. The normalized spacial score (nSPS) is 16.8. The van der Waals surface area contributed by atoms with Crippen molar-refractivity contribution >= 4 is 5.82 Å². The molecule has 1 aromatic heterocycles. The van der Waals surface area contributed by atoms with E-state index in [2.05, 4.69) is 9.97 Å². The molecule has 1 aromatic rings. The van der Waals surface area contributed by atoms with E-state index in [1.165, 1.54) is 38.4 Å². The van der Waals surface area contributed by atoms with Crippen LogP contribution in [-0.4, -0.2) is 23.7 Å². The SMILES string of the molecule is COc1c(N)ncnc1OCC1CCCCC1. The summed E-state index contributed by atoms with van der Waals surface area (Å²) in [5.41, 5.74) is 5.68. The molecule has 5 nitrogen and oxygen atoms in total. The molecule has 0 radical (unpaired) electrons. The molecule has 94 valence electrons. The molecular formula is C12H19N3O2. The molecule has 0 saturated heterocycles. The summed E-state index contributed by atoms with van der Waals surface area (Å²) in [6.07, 6.45) is 7.83. The van der Waals surface area contributed by atoms with Crippen LogP contribution in [-0.2, 0) is 0 Å². The fourth-order valence-electron chi connectivity index (χ4n) is 2.22. The van der Waals surface area contributed by atoms with Crippen molar-refractivity contribution in [2.24, 2.45) is 5.92 Å². The van der Waals surface area contributed by atoms with Gasteiger partial charge in [-0.1, -0.05) is 19.3 Å². The number of nitrogens with zero attached hydrogens (tertiary/aromatic N) is 2. The van der Waals surface area contributed by atoms with E-state index in [1.807, 2.05) is 0 Å². The third-order valence-electron chi connectivity index (χ3n) is 3.18. The largest absolute Gasteiger partial charge is 0.489 e. The first-order valence-electron chi connectivity index (χ1n) is 6.08. The number of nitrogen functional groups attached to an aromatic ring is 1. The third kappa shape index (κ3) is 2.99. The van der Waals surface area contributed by atoms with E-state index in [4.69, 9.17) is 15.2 Å². The molecule has 2 rings (SSSR count). The van der Waals surface area contributed by atoms with E-state index in [0.29, 0.717) is 30.0 Å². The van der Waals surface area contributed by atoms with Crippen LogP contribution in [0.15, 0.2) is 6.33 Å². The van der Waals surface area contributed by atoms with E-state index in [-0.39, 0.29) is 0 Å². The topological polar surface area (TPSA) is 70.3 Å². The molecule has 0 unspecified atom stereocenters. The summed E-state index contributed by atoms with van der Waals surface area (Å²) in [5.74, 6) is 1.83. The van der Waals surface area contributed by atoms with Crippen molar-refractivity contribution in [1.82, 2.24) is 9.97 Å². The number of hydrogen-bond donors (Lipinski definition) is 1. The van der Waals surface area contributed by atoms with Crippen molar-refractivity contribution in [3.8, 4) is 11.6 Å². The summed E-state index contributed by atoms with van der Waals surface area (Å²) >= 11 is 0. The maximum absolute atomic E-state index is 5.69. The standard InChI is InChI=1S/C12H19N3O2/c1-16-10-11(13)14-8-15-12(10)17-7-9-5-3-2-4-6-9/h8-9H,2-7H2,1H3,(H2,13,14,15). The number of anilines is 1. The predicted octanol–water partition coefficient (Wildman–Crippen LogP) is 2.03. The Morgan fingerprint density at radius 3 is 2.76 bits per heavy atom. The molecule has 17 heavy (non-hydrogen) atoms. The molecule has 1 aliphatic carbocycles. The van der Waals surface area contributed by atoms with Gasteiger partial charge in [-0.15, -0.1) is 0 Å². The summed E-state index contributed by atoms with van der Waals surface area (Å²) in [6, 6.07) is 0. The molecule has 1 saturated carbocycles. The third-order valence-corrected chi connectivity index (χ3v) is 3.18. The van der Waals surface area contributed by atoms with Crippen LogP contribution in [0.5, 0.6) is 11.6 Å². The van der Waals surface area contributed by atoms with Gasteiger partial charge in [0.2, 0.25) is 5.75 Å². The Bertz CT molecular complexity index is 365. The molecule has 5 heteroatoms. The number of methoxy groups -OCH3 is 1. The zero-order valence-electron chi connectivity index (χ0n) is 10.2. The van der Waals surface area contributed by atoms with E-state index in [1.54, 1.807) is 7.11 Å². The lowest BCUT2D eigenvalue weighted by molar-refractivity contribution is 0.196. The molecule has 1 aliphatic rings. The molecule has 0 aliphatic heterocycles. The molecule has 1 heterocycles. The smallest absolute Gasteiger partial charge is 0.262 e. The number of hydrogen-bond acceptors (Lipinski definition) is 5. The molecule has 0 amide bonds. The van der Waals surface area contributed by atoms with Gasteiger partial charge in [-0.05, 0) is 18.8 Å². The first-order chi connectivity index (χ1) is 8.31. The first-order valence-corrected chi connectivity index (χ1v) is 6.08. The Hall–Kier alpha value is -1.52. The second-order valence-electron chi connectivity index (χ2n) is 4.41. The van der Waals surface area contributed by atoms with Gasteiger partial charge in [0.05, 0.1) is 13.7 Å². The number of aromatic nitrogens is 2. The minimum absolute atomic E-state index is 0.321. The highest BCUT2D eigenvalue weighted by atomic mass is 16.5. The van der Waals surface area contributed by atoms with Crippen LogP contribution in [0.4, 0.5) is 5.82 Å². The average Bonchev–Trinajstić information content (AvgIpc) is 2.37. The van der Waals surface area contributed by atoms with E-state index in [0.717, 1.165) is 0 Å². The lowest BCUT2D eigenvalue weighted by Crippen LogP contribution is -2.16. The Balaban J connectivity index is 1.95. The van der Waals surface area contributed by atoms with Gasteiger partial charge < -0.3 is 15.2 Å². The number of rotatable bonds is 4. The Labute approximate surface area is 101 Å². The van der Waals surface area contributed by atoms with Gasteiger partial charge in [0.15, 0.2) is 5.82 Å². The zero-order valence-corrected chi connectivity index (χ0v) is 10.2. The van der Waals surface area contributed by atoms with Crippen LogP contribution in [0.3, 0.4) is 0 Å². The van der Waals surface area contributed by atoms with Crippen LogP contribution in [0.25, 0.3) is 0 Å². The summed E-state index contributed by atoms with van der Waals surface area (Å²) in [6.45, 7) is 0.687. The van der Waals surface area contributed by atoms with Crippen molar-refractivity contribution in [2.75, 3.05) is 19.5 Å². The molecule has 0 bridgehead atoms. The minimum atomic E-state index is 0.321. The Morgan fingerprint density at radius 1 is 1.29 bits per heavy atom. The van der Waals surface area contributed by atoms with Gasteiger partial charge in [0.1, 0.15) is 6.33 Å². The van der Waals surface area contributed by atoms with Crippen LogP contribution in [0.2, 0.25) is 0 Å². The van der Waals surface area contributed by atoms with Gasteiger partial charge in [-0.25, -0.2) is 4.98 Å². The average molecular weight is 237 g/mol. The van der Waals surface area contributed by atoms with Crippen LogP contribution < -0.4 is 15.2 Å². The molecule has 2 N–H and O–H groups in total. The molecule has 1 fully saturated rings. The highest BCUT2D eigenvalue weighted by Crippen LogP contribution is 2.30. The fraction of sp³-hybridized carbons (Fsp3) is 0.667. The van der Waals surface area contributed by atoms with Gasteiger partial charge in [0, 0.05) is 0 Å². The van der Waals surface area contributed by atoms with Gasteiger partial charge in [0.25, 0.3) is 5.88 Å². The predicted molar refractivity (Wildman–Crippen MR) is 65.1 cm³/mol. The molecule has 0 aromatic carbocycles. The summed E-state index contributed by atoms with van der Waals surface area (Å²) in [5, 5.41) is 0. The number of nitrogens with two attached hydrogens (primary N) is 1. The van der Waals surface area contributed by atoms with Crippen molar-refractivity contribution in [1.29, 1.82) is 0 Å². The molecule has 0 spiro atoms. The van der Waals surface area contributed by atoms with Crippen molar-refractivity contribution in [3.05, 3.63) is 6.33 Å². The van der Waals surface area contributed by atoms with Crippen LogP contribution in [0.1, 0.15) is 32.1 Å². The summed E-state index contributed by atoms with van der Waals surface area (Å²) in [7, 11) is 1.54. The lowest BCUT2D eigenvalue weighted by atomic mass is 9.90. The minimum Gasteiger partial charge on any atom is -0.489 e. The van der Waals surface area contributed by atoms with E-state index in [9.17, 15) is 0 Å². The van der Waals surface area contributed by atoms with Crippen molar-refractivity contribution in [3.63, 3.8) is 0 Å². The lowest BCUT2D eigenvalue weighted by Gasteiger charge is -2.21. The Kier molecular flexibility index (Phi) is 4.01. The molecular weight excluding hydrogens is 218 g/mol. The van der Waals surface area contributed by atoms with Gasteiger partial charge in [-0.3, -0.25) is 0 Å². The van der Waals surface area contributed by atoms with Crippen LogP contribution >= 0.6 is 0 Å². The number of ether oxygens (including phenoxy) is 2. The van der Waals surface area contributed by atoms with Crippen LogP contribution in [0, 0.1) is 5.92 Å². The van der Waals surface area contributed by atoms with E-state index >= 15 is 0 Å². The Morgan fingerprint density at radius 2 is 2.06 bits per heavy atom. The molecule has 0 atom stereocenters. The highest BCUT2D eigenvalue weighted by molar-refractivity contribution is 5.51. The van der Waals surface area contributed by atoms with Crippen molar-refractivity contribution in [2.45, 2.75) is 32.1 Å². The summed E-state index contributed by atoms with van der Waals surface area (Å²) in [4.78, 5) is 7.92. The second-order valence-corrected chi connectivity index (χ2v) is 4.41.